The summed E-state index contributed by atoms with van der Waals surface area (Å²) >= 11 is 0. The number of amides is 1. The topological polar surface area (TPSA) is 93.6 Å². The van der Waals surface area contributed by atoms with E-state index in [1.165, 1.54) is 0 Å². The first-order valence-corrected chi connectivity index (χ1v) is 8.46. The van der Waals surface area contributed by atoms with Gasteiger partial charge in [-0.15, -0.1) is 0 Å². The van der Waals surface area contributed by atoms with E-state index < -0.39 is 5.76 Å². The lowest BCUT2D eigenvalue weighted by atomic mass is 10.2. The van der Waals surface area contributed by atoms with Crippen molar-refractivity contribution in [1.82, 2.24) is 4.98 Å². The van der Waals surface area contributed by atoms with Crippen LogP contribution >= 0.6 is 0 Å². The number of hydrogen-bond acceptors (Lipinski definition) is 5. The highest BCUT2D eigenvalue weighted by atomic mass is 16.5. The lowest BCUT2D eigenvalue weighted by molar-refractivity contribution is 0.0679. The van der Waals surface area contributed by atoms with Crippen molar-refractivity contribution >= 4 is 22.7 Å². The SMILES string of the molecule is O=C(Nc1ccc2oc(=O)[nH]c2c1)c1cccc(OCC2CCCO2)c1. The van der Waals surface area contributed by atoms with Crippen LogP contribution in [0, 0.1) is 0 Å². The zero-order valence-corrected chi connectivity index (χ0v) is 14.0. The number of carbonyl (C=O) groups excluding carboxylic acids is 1. The second-order valence-corrected chi connectivity index (χ2v) is 6.15. The van der Waals surface area contributed by atoms with E-state index in [0.717, 1.165) is 19.4 Å². The molecule has 2 aromatic carbocycles. The Morgan fingerprint density at radius 3 is 3.04 bits per heavy atom. The maximum absolute atomic E-state index is 12.5. The number of nitrogens with one attached hydrogen (secondary N) is 2. The van der Waals surface area contributed by atoms with Crippen molar-refractivity contribution in [3.05, 3.63) is 58.6 Å². The molecule has 3 aromatic rings. The average Bonchev–Trinajstić information content (AvgIpc) is 3.28. The monoisotopic (exact) mass is 354 g/mol. The van der Waals surface area contributed by atoms with Gasteiger partial charge in [0.15, 0.2) is 5.58 Å². The van der Waals surface area contributed by atoms with Crippen molar-refractivity contribution in [2.75, 3.05) is 18.5 Å². The van der Waals surface area contributed by atoms with Crippen molar-refractivity contribution in [3.63, 3.8) is 0 Å². The van der Waals surface area contributed by atoms with Gasteiger partial charge in [0, 0.05) is 17.9 Å². The van der Waals surface area contributed by atoms with Gasteiger partial charge in [-0.2, -0.15) is 0 Å². The van der Waals surface area contributed by atoms with E-state index in [1.807, 2.05) is 6.07 Å². The summed E-state index contributed by atoms with van der Waals surface area (Å²) in [6.45, 7) is 1.26. The van der Waals surface area contributed by atoms with Gasteiger partial charge in [-0.1, -0.05) is 6.07 Å². The number of benzene rings is 2. The number of aromatic amines is 1. The van der Waals surface area contributed by atoms with Gasteiger partial charge in [0.2, 0.25) is 0 Å². The van der Waals surface area contributed by atoms with Gasteiger partial charge in [-0.25, -0.2) is 4.79 Å². The molecule has 1 saturated heterocycles. The molecule has 26 heavy (non-hydrogen) atoms. The number of carbonyl (C=O) groups is 1. The van der Waals surface area contributed by atoms with Crippen molar-refractivity contribution in [1.29, 1.82) is 0 Å². The van der Waals surface area contributed by atoms with Crippen LogP contribution in [-0.2, 0) is 4.74 Å². The third-order valence-corrected chi connectivity index (χ3v) is 4.23. The largest absolute Gasteiger partial charge is 0.491 e. The Balaban J connectivity index is 1.44. The minimum absolute atomic E-state index is 0.122. The third kappa shape index (κ3) is 3.62. The van der Waals surface area contributed by atoms with Crippen LogP contribution in [0.5, 0.6) is 5.75 Å². The fourth-order valence-electron chi connectivity index (χ4n) is 2.93. The number of ether oxygens (including phenoxy) is 2. The van der Waals surface area contributed by atoms with Crippen molar-refractivity contribution < 1.29 is 18.7 Å². The lowest BCUT2D eigenvalue weighted by Crippen LogP contribution is -2.17. The Kier molecular flexibility index (Phi) is 4.45. The molecule has 1 fully saturated rings. The number of fused-ring (bicyclic) bond motifs is 1. The normalized spacial score (nSPS) is 16.7. The Labute approximate surface area is 148 Å². The summed E-state index contributed by atoms with van der Waals surface area (Å²) in [5.74, 6) is -0.167. The number of rotatable bonds is 5. The van der Waals surface area contributed by atoms with Gasteiger partial charge in [-0.3, -0.25) is 9.78 Å². The minimum Gasteiger partial charge on any atom is -0.491 e. The van der Waals surface area contributed by atoms with E-state index in [0.29, 0.717) is 34.7 Å². The van der Waals surface area contributed by atoms with E-state index >= 15 is 0 Å². The zero-order chi connectivity index (χ0) is 17.9. The third-order valence-electron chi connectivity index (χ3n) is 4.23. The van der Waals surface area contributed by atoms with E-state index in [4.69, 9.17) is 13.9 Å². The second-order valence-electron chi connectivity index (χ2n) is 6.15. The summed E-state index contributed by atoms with van der Waals surface area (Å²) in [6.07, 6.45) is 2.18. The van der Waals surface area contributed by atoms with E-state index in [2.05, 4.69) is 10.3 Å². The van der Waals surface area contributed by atoms with Crippen LogP contribution in [0.15, 0.2) is 51.7 Å². The van der Waals surface area contributed by atoms with Crippen molar-refractivity contribution in [2.45, 2.75) is 18.9 Å². The highest BCUT2D eigenvalue weighted by Gasteiger charge is 2.16. The van der Waals surface area contributed by atoms with Gasteiger partial charge < -0.3 is 19.2 Å². The van der Waals surface area contributed by atoms with Crippen LogP contribution in [0.3, 0.4) is 0 Å². The fourth-order valence-corrected chi connectivity index (χ4v) is 2.93. The molecular weight excluding hydrogens is 336 g/mol. The molecule has 0 bridgehead atoms. The van der Waals surface area contributed by atoms with Gasteiger partial charge in [0.25, 0.3) is 5.91 Å². The van der Waals surface area contributed by atoms with Crippen molar-refractivity contribution in [3.8, 4) is 5.75 Å². The molecule has 1 unspecified atom stereocenters. The summed E-state index contributed by atoms with van der Waals surface area (Å²) < 4.78 is 16.2. The number of anilines is 1. The summed E-state index contributed by atoms with van der Waals surface area (Å²) in [6, 6.07) is 12.0. The standard InChI is InChI=1S/C19H18N2O5/c22-18(20-13-6-7-17-16(10-13)21-19(23)26-17)12-3-1-4-14(9-12)25-11-15-5-2-8-24-15/h1,3-4,6-7,9-10,15H,2,5,8,11H2,(H,20,22)(H,21,23). The molecule has 7 heteroatoms. The van der Waals surface area contributed by atoms with Crippen LogP contribution in [0.25, 0.3) is 11.1 Å². The number of oxazole rings is 1. The lowest BCUT2D eigenvalue weighted by Gasteiger charge is -2.12. The van der Waals surface area contributed by atoms with E-state index in [1.54, 1.807) is 36.4 Å². The summed E-state index contributed by atoms with van der Waals surface area (Å²) in [4.78, 5) is 26.2. The molecule has 1 aliphatic rings. The molecule has 0 spiro atoms. The number of hydrogen-bond donors (Lipinski definition) is 2. The smallest absolute Gasteiger partial charge is 0.417 e. The summed E-state index contributed by atoms with van der Waals surface area (Å²) in [5, 5.41) is 2.80. The minimum atomic E-state index is -0.528. The number of H-pyrrole nitrogens is 1. The molecule has 0 aliphatic carbocycles. The summed E-state index contributed by atoms with van der Waals surface area (Å²) in [7, 11) is 0. The predicted molar refractivity (Wildman–Crippen MR) is 95.7 cm³/mol. The first-order valence-electron chi connectivity index (χ1n) is 8.46. The molecule has 4 rings (SSSR count). The highest BCUT2D eigenvalue weighted by Crippen LogP contribution is 2.20. The van der Waals surface area contributed by atoms with E-state index in [9.17, 15) is 9.59 Å². The first-order chi connectivity index (χ1) is 12.7. The molecule has 2 heterocycles. The maximum atomic E-state index is 12.5. The molecule has 1 aliphatic heterocycles. The highest BCUT2D eigenvalue weighted by molar-refractivity contribution is 6.05. The van der Waals surface area contributed by atoms with E-state index in [-0.39, 0.29) is 12.0 Å². The van der Waals surface area contributed by atoms with Crippen molar-refractivity contribution in [2.24, 2.45) is 0 Å². The molecule has 1 aromatic heterocycles. The van der Waals surface area contributed by atoms with Crippen LogP contribution in [0.4, 0.5) is 5.69 Å². The van der Waals surface area contributed by atoms with Gasteiger partial charge in [-0.05, 0) is 49.2 Å². The predicted octanol–water partition coefficient (Wildman–Crippen LogP) is 2.93. The molecule has 7 nitrogen and oxygen atoms in total. The van der Waals surface area contributed by atoms with Crippen LogP contribution < -0.4 is 15.8 Å². The Morgan fingerprint density at radius 2 is 2.19 bits per heavy atom. The fraction of sp³-hybridized carbons (Fsp3) is 0.263. The van der Waals surface area contributed by atoms with Gasteiger partial charge in [0.1, 0.15) is 12.4 Å². The van der Waals surface area contributed by atoms with Gasteiger partial charge >= 0.3 is 5.76 Å². The average molecular weight is 354 g/mol. The van der Waals surface area contributed by atoms with Gasteiger partial charge in [0.05, 0.1) is 11.6 Å². The number of aromatic nitrogens is 1. The summed E-state index contributed by atoms with van der Waals surface area (Å²) in [5.41, 5.74) is 2.01. The maximum Gasteiger partial charge on any atom is 0.417 e. The molecule has 1 amide bonds. The molecule has 0 radical (unpaired) electrons. The molecule has 134 valence electrons. The Hall–Kier alpha value is -3.06. The van der Waals surface area contributed by atoms with Crippen LogP contribution in [-0.4, -0.2) is 30.2 Å². The van der Waals surface area contributed by atoms with Crippen LogP contribution in [0.2, 0.25) is 0 Å². The second kappa shape index (κ2) is 7.05. The molecule has 2 N–H and O–H groups in total. The molecule has 0 saturated carbocycles. The molecular formula is C19H18N2O5. The first kappa shape index (κ1) is 16.4. The Morgan fingerprint density at radius 1 is 1.27 bits per heavy atom. The molecule has 1 atom stereocenters. The zero-order valence-electron chi connectivity index (χ0n) is 14.0. The van der Waals surface area contributed by atoms with Crippen LogP contribution in [0.1, 0.15) is 23.2 Å². The Bertz CT molecular complexity index is 985. The quantitative estimate of drug-likeness (QED) is 0.735.